The molecule has 0 atom stereocenters. The van der Waals surface area contributed by atoms with E-state index in [1.54, 1.807) is 12.1 Å². The molecule has 1 heterocycles. The van der Waals surface area contributed by atoms with Gasteiger partial charge in [0.25, 0.3) is 0 Å². The third kappa shape index (κ3) is 1.90. The Morgan fingerprint density at radius 3 is 2.23 bits per heavy atom. The molecule has 1 N–H and O–H groups in total. The van der Waals surface area contributed by atoms with Gasteiger partial charge < -0.3 is 9.67 Å². The van der Waals surface area contributed by atoms with Crippen molar-refractivity contribution in [2.75, 3.05) is 0 Å². The lowest BCUT2D eigenvalue weighted by Crippen LogP contribution is -1.94. The minimum atomic E-state index is 0.316. The molecule has 0 unspecified atom stereocenters. The molecule has 0 radical (unpaired) electrons. The van der Waals surface area contributed by atoms with Crippen LogP contribution in [0.15, 0.2) is 48.8 Å². The zero-order chi connectivity index (χ0) is 9.10. The summed E-state index contributed by atoms with van der Waals surface area (Å²) in [6.45, 7) is 0.854. The number of nitrogens with zero attached hydrogens (tertiary/aromatic N) is 1. The highest BCUT2D eigenvalue weighted by Gasteiger charge is 1.93. The Morgan fingerprint density at radius 2 is 1.62 bits per heavy atom. The normalized spacial score (nSPS) is 10.2. The SMILES string of the molecule is Oc1ccc(Cn2cccc2)cc1. The van der Waals surface area contributed by atoms with Crippen LogP contribution in [-0.2, 0) is 6.54 Å². The first-order valence-corrected chi connectivity index (χ1v) is 4.23. The third-order valence-electron chi connectivity index (χ3n) is 1.97. The number of phenols is 1. The standard InChI is InChI=1S/C11H11NO/c13-11-5-3-10(4-6-11)9-12-7-1-2-8-12/h1-8,13H,9H2. The number of aromatic hydroxyl groups is 1. The molecular formula is C11H11NO. The van der Waals surface area contributed by atoms with Crippen LogP contribution in [0.5, 0.6) is 5.75 Å². The lowest BCUT2D eigenvalue weighted by Gasteiger charge is -2.02. The third-order valence-corrected chi connectivity index (χ3v) is 1.97. The van der Waals surface area contributed by atoms with E-state index >= 15 is 0 Å². The fraction of sp³-hybridized carbons (Fsp3) is 0.0909. The minimum absolute atomic E-state index is 0.316. The molecular weight excluding hydrogens is 162 g/mol. The van der Waals surface area contributed by atoms with Gasteiger partial charge in [0.1, 0.15) is 5.75 Å². The molecule has 2 heteroatoms. The predicted molar refractivity (Wildman–Crippen MR) is 51.6 cm³/mol. The van der Waals surface area contributed by atoms with E-state index in [0.717, 1.165) is 6.54 Å². The molecule has 66 valence electrons. The maximum absolute atomic E-state index is 9.08. The van der Waals surface area contributed by atoms with E-state index in [1.165, 1.54) is 5.56 Å². The van der Waals surface area contributed by atoms with E-state index in [1.807, 2.05) is 36.7 Å². The molecule has 0 saturated carbocycles. The number of hydrogen-bond acceptors (Lipinski definition) is 1. The van der Waals surface area contributed by atoms with Gasteiger partial charge in [0.2, 0.25) is 0 Å². The van der Waals surface area contributed by atoms with Crippen LogP contribution in [0.1, 0.15) is 5.56 Å². The van der Waals surface area contributed by atoms with Crippen molar-refractivity contribution in [3.8, 4) is 5.75 Å². The second kappa shape index (κ2) is 3.35. The average Bonchev–Trinajstić information content (AvgIpc) is 2.62. The van der Waals surface area contributed by atoms with Crippen LogP contribution in [0, 0.1) is 0 Å². The number of rotatable bonds is 2. The summed E-state index contributed by atoms with van der Waals surface area (Å²) in [5.41, 5.74) is 1.19. The molecule has 0 spiro atoms. The highest BCUT2D eigenvalue weighted by molar-refractivity contribution is 5.26. The predicted octanol–water partition coefficient (Wildman–Crippen LogP) is 2.24. The fourth-order valence-electron chi connectivity index (χ4n) is 1.29. The quantitative estimate of drug-likeness (QED) is 0.740. The van der Waals surface area contributed by atoms with Gasteiger partial charge in [0, 0.05) is 18.9 Å². The minimum Gasteiger partial charge on any atom is -0.508 e. The van der Waals surface area contributed by atoms with E-state index in [-0.39, 0.29) is 0 Å². The van der Waals surface area contributed by atoms with Crippen molar-refractivity contribution in [1.82, 2.24) is 4.57 Å². The van der Waals surface area contributed by atoms with E-state index in [0.29, 0.717) is 5.75 Å². The Hall–Kier alpha value is -1.70. The number of benzene rings is 1. The van der Waals surface area contributed by atoms with Crippen LogP contribution in [0.25, 0.3) is 0 Å². The van der Waals surface area contributed by atoms with Crippen LogP contribution in [-0.4, -0.2) is 9.67 Å². The van der Waals surface area contributed by atoms with Crippen molar-refractivity contribution in [1.29, 1.82) is 0 Å². The van der Waals surface area contributed by atoms with E-state index in [4.69, 9.17) is 5.11 Å². The molecule has 13 heavy (non-hydrogen) atoms. The summed E-state index contributed by atoms with van der Waals surface area (Å²) in [7, 11) is 0. The van der Waals surface area contributed by atoms with Crippen LogP contribution >= 0.6 is 0 Å². The summed E-state index contributed by atoms with van der Waals surface area (Å²) in [4.78, 5) is 0. The maximum atomic E-state index is 9.08. The first-order valence-electron chi connectivity index (χ1n) is 4.23. The van der Waals surface area contributed by atoms with Gasteiger partial charge in [-0.15, -0.1) is 0 Å². The molecule has 0 fully saturated rings. The maximum Gasteiger partial charge on any atom is 0.115 e. The van der Waals surface area contributed by atoms with E-state index < -0.39 is 0 Å². The molecule has 2 rings (SSSR count). The summed E-state index contributed by atoms with van der Waals surface area (Å²) in [5.74, 6) is 0.316. The summed E-state index contributed by atoms with van der Waals surface area (Å²) in [6, 6.07) is 11.3. The van der Waals surface area contributed by atoms with Crippen molar-refractivity contribution in [3.05, 3.63) is 54.4 Å². The van der Waals surface area contributed by atoms with Gasteiger partial charge in [-0.1, -0.05) is 12.1 Å². The van der Waals surface area contributed by atoms with Crippen molar-refractivity contribution >= 4 is 0 Å². The van der Waals surface area contributed by atoms with Gasteiger partial charge in [-0.3, -0.25) is 0 Å². The second-order valence-electron chi connectivity index (χ2n) is 3.02. The first-order chi connectivity index (χ1) is 6.34. The summed E-state index contributed by atoms with van der Waals surface area (Å²) in [6.07, 6.45) is 4.04. The van der Waals surface area contributed by atoms with Crippen LogP contribution < -0.4 is 0 Å². The lowest BCUT2D eigenvalue weighted by molar-refractivity contribution is 0.475. The molecule has 0 aliphatic heterocycles. The van der Waals surface area contributed by atoms with Gasteiger partial charge in [-0.05, 0) is 29.8 Å². The highest BCUT2D eigenvalue weighted by Crippen LogP contribution is 2.10. The molecule has 0 aliphatic rings. The molecule has 0 amide bonds. The van der Waals surface area contributed by atoms with Gasteiger partial charge in [-0.25, -0.2) is 0 Å². The zero-order valence-corrected chi connectivity index (χ0v) is 7.22. The molecule has 2 aromatic rings. The summed E-state index contributed by atoms with van der Waals surface area (Å²) < 4.78 is 2.09. The van der Waals surface area contributed by atoms with Crippen molar-refractivity contribution in [2.24, 2.45) is 0 Å². The van der Waals surface area contributed by atoms with Gasteiger partial charge >= 0.3 is 0 Å². The fourth-order valence-corrected chi connectivity index (χ4v) is 1.29. The molecule has 0 bridgehead atoms. The number of aromatic nitrogens is 1. The topological polar surface area (TPSA) is 25.2 Å². The Labute approximate surface area is 77.1 Å². The molecule has 1 aromatic carbocycles. The highest BCUT2D eigenvalue weighted by atomic mass is 16.3. The lowest BCUT2D eigenvalue weighted by atomic mass is 10.2. The first kappa shape index (κ1) is 7.92. The Bertz CT molecular complexity index is 361. The van der Waals surface area contributed by atoms with Crippen molar-refractivity contribution in [2.45, 2.75) is 6.54 Å². The Kier molecular flexibility index (Phi) is 2.04. The van der Waals surface area contributed by atoms with Crippen LogP contribution in [0.2, 0.25) is 0 Å². The number of phenolic OH excluding ortho intramolecular Hbond substituents is 1. The van der Waals surface area contributed by atoms with Gasteiger partial charge in [-0.2, -0.15) is 0 Å². The van der Waals surface area contributed by atoms with E-state index in [9.17, 15) is 0 Å². The van der Waals surface area contributed by atoms with Crippen LogP contribution in [0.4, 0.5) is 0 Å². The molecule has 1 aromatic heterocycles. The molecule has 2 nitrogen and oxygen atoms in total. The number of hydrogen-bond donors (Lipinski definition) is 1. The summed E-state index contributed by atoms with van der Waals surface area (Å²) in [5, 5.41) is 9.08. The Balaban J connectivity index is 2.15. The zero-order valence-electron chi connectivity index (χ0n) is 7.22. The second-order valence-corrected chi connectivity index (χ2v) is 3.02. The monoisotopic (exact) mass is 173 g/mol. The molecule has 0 saturated heterocycles. The van der Waals surface area contributed by atoms with Gasteiger partial charge in [0.05, 0.1) is 0 Å². The van der Waals surface area contributed by atoms with Crippen molar-refractivity contribution in [3.63, 3.8) is 0 Å². The molecule has 0 aliphatic carbocycles. The largest absolute Gasteiger partial charge is 0.508 e. The van der Waals surface area contributed by atoms with Gasteiger partial charge in [0.15, 0.2) is 0 Å². The summed E-state index contributed by atoms with van der Waals surface area (Å²) >= 11 is 0. The average molecular weight is 173 g/mol. The van der Waals surface area contributed by atoms with Crippen molar-refractivity contribution < 1.29 is 5.11 Å². The smallest absolute Gasteiger partial charge is 0.115 e. The van der Waals surface area contributed by atoms with Crippen LogP contribution in [0.3, 0.4) is 0 Å². The van der Waals surface area contributed by atoms with E-state index in [2.05, 4.69) is 4.57 Å². The Morgan fingerprint density at radius 1 is 1.00 bits per heavy atom.